The molecular weight excluding hydrogens is 166 g/mol. The minimum Gasteiger partial charge on any atom is -0.435 e. The summed E-state index contributed by atoms with van der Waals surface area (Å²) >= 11 is 1.00. The van der Waals surface area contributed by atoms with Crippen LogP contribution in [0.3, 0.4) is 0 Å². The van der Waals surface area contributed by atoms with E-state index in [4.69, 9.17) is 5.11 Å². The molecule has 0 radical (unpaired) electrons. The van der Waals surface area contributed by atoms with Crippen molar-refractivity contribution in [2.75, 3.05) is 14.1 Å². The van der Waals surface area contributed by atoms with Crippen molar-refractivity contribution in [3.63, 3.8) is 0 Å². The summed E-state index contributed by atoms with van der Waals surface area (Å²) in [7, 11) is 3.08. The zero-order valence-corrected chi connectivity index (χ0v) is 7.00. The van der Waals surface area contributed by atoms with E-state index in [-0.39, 0.29) is 4.48 Å². The summed E-state index contributed by atoms with van der Waals surface area (Å²) in [5.74, 6) is 0.447. The highest BCUT2D eigenvalue weighted by molar-refractivity contribution is 6.99. The fraction of sp³-hybridized carbons (Fsp3) is 0.400. The van der Waals surface area contributed by atoms with E-state index >= 15 is 0 Å². The van der Waals surface area contributed by atoms with Gasteiger partial charge in [0.1, 0.15) is 6.20 Å². The molecule has 1 rings (SSSR count). The average Bonchev–Trinajstić information content (AvgIpc) is 2.37. The van der Waals surface area contributed by atoms with Crippen LogP contribution < -0.4 is 4.48 Å². The highest BCUT2D eigenvalue weighted by Crippen LogP contribution is 2.15. The first kappa shape index (κ1) is 8.09. The number of hydrogen-bond acceptors (Lipinski definition) is 4. The van der Waals surface area contributed by atoms with Gasteiger partial charge in [-0.3, -0.25) is 0 Å². The summed E-state index contributed by atoms with van der Waals surface area (Å²) in [5.41, 5.74) is 0. The van der Waals surface area contributed by atoms with Gasteiger partial charge in [0.2, 0.25) is 0 Å². The second kappa shape index (κ2) is 2.55. The predicted molar refractivity (Wildman–Crippen MR) is 41.6 cm³/mol. The molecule has 0 fully saturated rings. The molecule has 1 aromatic heterocycles. The van der Waals surface area contributed by atoms with Gasteiger partial charge in [-0.15, -0.1) is 4.37 Å². The summed E-state index contributed by atoms with van der Waals surface area (Å²) in [5, 5.41) is 8.72. The molecule has 11 heavy (non-hydrogen) atoms. The van der Waals surface area contributed by atoms with Crippen LogP contribution in [0.2, 0.25) is 0 Å². The largest absolute Gasteiger partial charge is 0.519 e. The molecule has 0 saturated heterocycles. The lowest BCUT2D eigenvalue weighted by Crippen LogP contribution is -2.45. The van der Waals surface area contributed by atoms with Gasteiger partial charge in [0, 0.05) is 0 Å². The van der Waals surface area contributed by atoms with Crippen LogP contribution in [0.5, 0.6) is 0 Å². The van der Waals surface area contributed by atoms with Crippen molar-refractivity contribution in [1.29, 1.82) is 0 Å². The molecule has 0 aliphatic carbocycles. The Kier molecular flexibility index (Phi) is 1.88. The van der Waals surface area contributed by atoms with Crippen molar-refractivity contribution in [2.24, 2.45) is 0 Å². The number of hydrogen-bond donors (Lipinski definition) is 1. The minimum atomic E-state index is -0.947. The van der Waals surface area contributed by atoms with Gasteiger partial charge >= 0.3 is 6.09 Å². The second-order valence-corrected chi connectivity index (χ2v) is 3.06. The summed E-state index contributed by atoms with van der Waals surface area (Å²) in [4.78, 5) is 10.6. The van der Waals surface area contributed by atoms with Gasteiger partial charge in [-0.2, -0.15) is 13.7 Å². The maximum Gasteiger partial charge on any atom is 0.519 e. The summed E-state index contributed by atoms with van der Waals surface area (Å²) in [6.45, 7) is 0. The quantitative estimate of drug-likeness (QED) is 0.639. The van der Waals surface area contributed by atoms with Crippen molar-refractivity contribution >= 4 is 23.6 Å². The Morgan fingerprint density at radius 3 is 2.73 bits per heavy atom. The SMILES string of the molecule is C[N+](C)(C(=O)O)c1cnsn1. The Morgan fingerprint density at radius 1 is 1.73 bits per heavy atom. The van der Waals surface area contributed by atoms with E-state index < -0.39 is 6.09 Å². The minimum absolute atomic E-state index is 0.281. The lowest BCUT2D eigenvalue weighted by Gasteiger charge is -2.17. The summed E-state index contributed by atoms with van der Waals surface area (Å²) in [6.07, 6.45) is 0.511. The van der Waals surface area contributed by atoms with E-state index in [1.165, 1.54) is 6.20 Å². The molecule has 0 bridgehead atoms. The third-order valence-corrected chi connectivity index (χ3v) is 1.87. The number of carbonyl (C=O) groups is 1. The Balaban J connectivity index is 3.00. The first-order valence-electron chi connectivity index (χ1n) is 2.91. The van der Waals surface area contributed by atoms with Crippen molar-refractivity contribution in [1.82, 2.24) is 13.2 Å². The predicted octanol–water partition coefficient (Wildman–Crippen LogP) is 0.783. The van der Waals surface area contributed by atoms with Crippen LogP contribution in [-0.2, 0) is 0 Å². The molecule has 0 aromatic carbocycles. The molecule has 6 heteroatoms. The van der Waals surface area contributed by atoms with Crippen LogP contribution in [0.4, 0.5) is 10.6 Å². The summed E-state index contributed by atoms with van der Waals surface area (Å²) < 4.78 is 7.27. The van der Waals surface area contributed by atoms with Crippen LogP contribution in [-0.4, -0.2) is 34.0 Å². The first-order valence-corrected chi connectivity index (χ1v) is 3.64. The molecule has 0 aliphatic heterocycles. The monoisotopic (exact) mass is 174 g/mol. The Hall–Kier alpha value is -1.01. The highest BCUT2D eigenvalue weighted by Gasteiger charge is 2.31. The van der Waals surface area contributed by atoms with Gasteiger partial charge < -0.3 is 5.11 Å². The molecule has 0 unspecified atom stereocenters. The van der Waals surface area contributed by atoms with Crippen molar-refractivity contribution in [3.05, 3.63) is 6.20 Å². The van der Waals surface area contributed by atoms with Crippen molar-refractivity contribution in [2.45, 2.75) is 0 Å². The van der Waals surface area contributed by atoms with Crippen LogP contribution >= 0.6 is 11.7 Å². The molecular formula is C5H8N3O2S+. The Morgan fingerprint density at radius 2 is 2.36 bits per heavy atom. The van der Waals surface area contributed by atoms with Gasteiger partial charge in [0.15, 0.2) is 0 Å². The molecule has 60 valence electrons. The fourth-order valence-corrected chi connectivity index (χ4v) is 1.03. The van der Waals surface area contributed by atoms with Crippen LogP contribution in [0.25, 0.3) is 0 Å². The average molecular weight is 174 g/mol. The van der Waals surface area contributed by atoms with Gasteiger partial charge in [-0.25, -0.2) is 0 Å². The molecule has 0 aliphatic rings. The Bertz CT molecular complexity index is 257. The normalized spacial score (nSPS) is 11.5. The van der Waals surface area contributed by atoms with Crippen LogP contribution in [0.15, 0.2) is 6.20 Å². The highest BCUT2D eigenvalue weighted by atomic mass is 32.1. The molecule has 0 spiro atoms. The number of rotatable bonds is 1. The zero-order chi connectivity index (χ0) is 8.48. The van der Waals surface area contributed by atoms with E-state index in [9.17, 15) is 4.79 Å². The van der Waals surface area contributed by atoms with Gasteiger partial charge in [-0.05, 0) is 0 Å². The molecule has 0 atom stereocenters. The zero-order valence-electron chi connectivity index (χ0n) is 6.18. The molecule has 1 N–H and O–H groups in total. The third kappa shape index (κ3) is 1.36. The maximum absolute atomic E-state index is 10.6. The summed E-state index contributed by atoms with van der Waals surface area (Å²) in [6, 6.07) is 0. The Labute approximate surface area is 67.8 Å². The van der Waals surface area contributed by atoms with Crippen LogP contribution in [0, 0.1) is 0 Å². The first-order chi connectivity index (χ1) is 5.05. The van der Waals surface area contributed by atoms with Crippen molar-refractivity contribution < 1.29 is 9.90 Å². The molecule has 5 nitrogen and oxygen atoms in total. The van der Waals surface area contributed by atoms with Crippen molar-refractivity contribution in [3.8, 4) is 0 Å². The van der Waals surface area contributed by atoms with E-state index in [2.05, 4.69) is 8.75 Å². The van der Waals surface area contributed by atoms with E-state index in [0.29, 0.717) is 5.82 Å². The van der Waals surface area contributed by atoms with Gasteiger partial charge in [0.25, 0.3) is 5.82 Å². The number of amides is 1. The number of nitrogens with zero attached hydrogens (tertiary/aromatic N) is 3. The maximum atomic E-state index is 10.6. The van der Waals surface area contributed by atoms with Gasteiger partial charge in [0.05, 0.1) is 25.8 Å². The van der Waals surface area contributed by atoms with E-state index in [1.807, 2.05) is 0 Å². The molecule has 1 aromatic rings. The van der Waals surface area contributed by atoms with E-state index in [0.717, 1.165) is 11.7 Å². The number of quaternary nitrogens is 1. The fourth-order valence-electron chi connectivity index (χ4n) is 0.504. The topological polar surface area (TPSA) is 63.1 Å². The van der Waals surface area contributed by atoms with Gasteiger partial charge in [-0.1, -0.05) is 0 Å². The molecule has 1 amide bonds. The lowest BCUT2D eigenvalue weighted by atomic mass is 10.5. The number of aromatic nitrogens is 2. The third-order valence-electron chi connectivity index (χ3n) is 1.40. The lowest BCUT2D eigenvalue weighted by molar-refractivity contribution is 0.164. The molecule has 1 heterocycles. The second-order valence-electron chi connectivity index (χ2n) is 2.50. The van der Waals surface area contributed by atoms with Crippen LogP contribution in [0.1, 0.15) is 0 Å². The molecule has 0 saturated carbocycles. The van der Waals surface area contributed by atoms with E-state index in [1.54, 1.807) is 14.1 Å². The number of carboxylic acid groups (broad SMARTS) is 1. The smallest absolute Gasteiger partial charge is 0.435 e. The standard InChI is InChI=1S/C5H7N3O2S/c1-8(2,5(9)10)4-3-6-11-7-4/h3H,1-2H3/p+1.